The summed E-state index contributed by atoms with van der Waals surface area (Å²) in [6.45, 7) is 6.17. The van der Waals surface area contributed by atoms with Crippen LogP contribution >= 0.6 is 0 Å². The molecule has 0 aliphatic carbocycles. The summed E-state index contributed by atoms with van der Waals surface area (Å²) >= 11 is 0. The molecule has 1 saturated heterocycles. The number of hydrogen-bond donors (Lipinski definition) is 0. The first-order valence-electron chi connectivity index (χ1n) is 8.53. The molecule has 0 saturated carbocycles. The van der Waals surface area contributed by atoms with Gasteiger partial charge in [0.15, 0.2) is 5.76 Å². The minimum Gasteiger partial charge on any atom is -0.497 e. The van der Waals surface area contributed by atoms with Gasteiger partial charge in [-0.3, -0.25) is 4.90 Å². The highest BCUT2D eigenvalue weighted by molar-refractivity contribution is 5.38. The molecule has 5 heteroatoms. The van der Waals surface area contributed by atoms with Crippen LogP contribution in [0.5, 0.6) is 11.5 Å². The van der Waals surface area contributed by atoms with Gasteiger partial charge in [0, 0.05) is 18.7 Å². The van der Waals surface area contributed by atoms with E-state index in [0.717, 1.165) is 42.5 Å². The van der Waals surface area contributed by atoms with Crippen LogP contribution in [0.4, 0.5) is 0 Å². The molecule has 5 nitrogen and oxygen atoms in total. The van der Waals surface area contributed by atoms with Crippen molar-refractivity contribution >= 4 is 0 Å². The van der Waals surface area contributed by atoms with E-state index in [1.54, 1.807) is 14.2 Å². The lowest BCUT2D eigenvalue weighted by Crippen LogP contribution is -2.22. The van der Waals surface area contributed by atoms with Crippen molar-refractivity contribution in [3.05, 3.63) is 41.3 Å². The number of hydrogen-bond acceptors (Lipinski definition) is 5. The molecule has 130 valence electrons. The largest absolute Gasteiger partial charge is 0.497 e. The average Bonchev–Trinajstić information content (AvgIpc) is 3.23. The Morgan fingerprint density at radius 3 is 2.46 bits per heavy atom. The minimum atomic E-state index is 0.294. The summed E-state index contributed by atoms with van der Waals surface area (Å²) in [4.78, 5) is 2.44. The van der Waals surface area contributed by atoms with Gasteiger partial charge in [0.05, 0.1) is 26.0 Å². The van der Waals surface area contributed by atoms with Crippen LogP contribution in [0.1, 0.15) is 55.7 Å². The Bertz CT molecular complexity index is 659. The first kappa shape index (κ1) is 16.8. The Morgan fingerprint density at radius 2 is 1.88 bits per heavy atom. The molecule has 0 N–H and O–H groups in total. The van der Waals surface area contributed by atoms with Crippen LogP contribution in [0.3, 0.4) is 0 Å². The Labute approximate surface area is 143 Å². The van der Waals surface area contributed by atoms with Crippen LogP contribution in [-0.2, 0) is 6.54 Å². The fraction of sp³-hybridized carbons (Fsp3) is 0.526. The molecule has 3 rings (SSSR count). The smallest absolute Gasteiger partial charge is 0.154 e. The van der Waals surface area contributed by atoms with Gasteiger partial charge in [-0.15, -0.1) is 0 Å². The highest BCUT2D eigenvalue weighted by Gasteiger charge is 2.29. The van der Waals surface area contributed by atoms with Gasteiger partial charge in [-0.05, 0) is 43.0 Å². The summed E-state index contributed by atoms with van der Waals surface area (Å²) in [7, 11) is 3.36. The van der Waals surface area contributed by atoms with Crippen molar-refractivity contribution in [2.24, 2.45) is 0 Å². The molecule has 0 amide bonds. The van der Waals surface area contributed by atoms with E-state index >= 15 is 0 Å². The first-order chi connectivity index (χ1) is 11.6. The molecule has 24 heavy (non-hydrogen) atoms. The van der Waals surface area contributed by atoms with Crippen molar-refractivity contribution in [1.29, 1.82) is 0 Å². The van der Waals surface area contributed by atoms with Gasteiger partial charge in [0.2, 0.25) is 0 Å². The number of ether oxygens (including phenoxy) is 2. The summed E-state index contributed by atoms with van der Waals surface area (Å²) < 4.78 is 16.4. The lowest BCUT2D eigenvalue weighted by Gasteiger charge is -2.22. The normalized spacial score (nSPS) is 18.3. The molecule has 0 unspecified atom stereocenters. The molecule has 0 bridgehead atoms. The summed E-state index contributed by atoms with van der Waals surface area (Å²) in [5.41, 5.74) is 2.21. The number of nitrogens with zero attached hydrogens (tertiary/aromatic N) is 2. The lowest BCUT2D eigenvalue weighted by molar-refractivity contribution is 0.206. The van der Waals surface area contributed by atoms with Crippen LogP contribution in [0, 0.1) is 0 Å². The van der Waals surface area contributed by atoms with E-state index in [0.29, 0.717) is 12.0 Å². The summed E-state index contributed by atoms with van der Waals surface area (Å²) in [5.74, 6) is 3.01. The molecular weight excluding hydrogens is 304 g/mol. The van der Waals surface area contributed by atoms with Crippen molar-refractivity contribution in [2.45, 2.75) is 45.2 Å². The SMILES string of the molecule is COc1cc(CN2CCC[C@H]2c2cc(C(C)C)no2)cc(OC)c1. The van der Waals surface area contributed by atoms with Gasteiger partial charge in [-0.25, -0.2) is 0 Å². The van der Waals surface area contributed by atoms with Crippen molar-refractivity contribution in [1.82, 2.24) is 10.1 Å². The van der Waals surface area contributed by atoms with Crippen LogP contribution in [0.2, 0.25) is 0 Å². The number of rotatable bonds is 6. The zero-order valence-electron chi connectivity index (χ0n) is 14.9. The summed E-state index contributed by atoms with van der Waals surface area (Å²) in [5, 5.41) is 4.21. The van der Waals surface area contributed by atoms with Crippen LogP contribution in [0.25, 0.3) is 0 Å². The minimum absolute atomic E-state index is 0.294. The second-order valence-corrected chi connectivity index (χ2v) is 6.66. The van der Waals surface area contributed by atoms with Crippen molar-refractivity contribution in [2.75, 3.05) is 20.8 Å². The third-order valence-electron chi connectivity index (χ3n) is 4.63. The Morgan fingerprint density at radius 1 is 1.17 bits per heavy atom. The van der Waals surface area contributed by atoms with E-state index < -0.39 is 0 Å². The molecule has 0 radical (unpaired) electrons. The van der Waals surface area contributed by atoms with Crippen LogP contribution < -0.4 is 9.47 Å². The molecule has 2 heterocycles. The van der Waals surface area contributed by atoms with E-state index in [4.69, 9.17) is 14.0 Å². The highest BCUT2D eigenvalue weighted by atomic mass is 16.5. The topological polar surface area (TPSA) is 47.7 Å². The molecular formula is C19H26N2O3. The van der Waals surface area contributed by atoms with Gasteiger partial charge in [-0.2, -0.15) is 0 Å². The van der Waals surface area contributed by atoms with Crippen LogP contribution in [0.15, 0.2) is 28.8 Å². The lowest BCUT2D eigenvalue weighted by atomic mass is 10.1. The average molecular weight is 330 g/mol. The number of benzene rings is 1. The predicted molar refractivity (Wildman–Crippen MR) is 92.5 cm³/mol. The van der Waals surface area contributed by atoms with Gasteiger partial charge < -0.3 is 14.0 Å². The highest BCUT2D eigenvalue weighted by Crippen LogP contribution is 2.35. The molecule has 0 spiro atoms. The van der Waals surface area contributed by atoms with Gasteiger partial charge in [-0.1, -0.05) is 19.0 Å². The van der Waals surface area contributed by atoms with Gasteiger partial charge >= 0.3 is 0 Å². The van der Waals surface area contributed by atoms with Crippen molar-refractivity contribution in [3.63, 3.8) is 0 Å². The molecule has 1 aromatic heterocycles. The number of aromatic nitrogens is 1. The molecule has 1 aromatic carbocycles. The maximum Gasteiger partial charge on any atom is 0.154 e. The summed E-state index contributed by atoms with van der Waals surface area (Å²) in [6.07, 6.45) is 2.28. The molecule has 1 fully saturated rings. The van der Waals surface area contributed by atoms with Crippen molar-refractivity contribution in [3.8, 4) is 11.5 Å². The fourth-order valence-corrected chi connectivity index (χ4v) is 3.26. The van der Waals surface area contributed by atoms with E-state index in [1.807, 2.05) is 6.07 Å². The summed E-state index contributed by atoms with van der Waals surface area (Å²) in [6, 6.07) is 8.44. The zero-order chi connectivity index (χ0) is 17.1. The van der Waals surface area contributed by atoms with Crippen LogP contribution in [-0.4, -0.2) is 30.8 Å². The molecule has 2 aromatic rings. The monoisotopic (exact) mass is 330 g/mol. The van der Waals surface area contributed by atoms with Gasteiger partial charge in [0.25, 0.3) is 0 Å². The van der Waals surface area contributed by atoms with Gasteiger partial charge in [0.1, 0.15) is 11.5 Å². The predicted octanol–water partition coefficient (Wildman–Crippen LogP) is 4.15. The molecule has 1 atom stereocenters. The van der Waals surface area contributed by atoms with E-state index in [2.05, 4.69) is 42.1 Å². The number of likely N-dealkylation sites (tertiary alicyclic amines) is 1. The first-order valence-corrected chi connectivity index (χ1v) is 8.53. The Kier molecular flexibility index (Phi) is 5.09. The Hall–Kier alpha value is -2.01. The number of methoxy groups -OCH3 is 2. The second-order valence-electron chi connectivity index (χ2n) is 6.66. The van der Waals surface area contributed by atoms with E-state index in [9.17, 15) is 0 Å². The maximum absolute atomic E-state index is 5.63. The second kappa shape index (κ2) is 7.26. The van der Waals surface area contributed by atoms with Crippen molar-refractivity contribution < 1.29 is 14.0 Å². The fourth-order valence-electron chi connectivity index (χ4n) is 3.26. The zero-order valence-corrected chi connectivity index (χ0v) is 14.9. The van der Waals surface area contributed by atoms with E-state index in [1.165, 1.54) is 12.0 Å². The Balaban J connectivity index is 1.78. The maximum atomic E-state index is 5.63. The molecule has 1 aliphatic rings. The standard InChI is InChI=1S/C19H26N2O3/c1-13(2)17-11-19(24-20-17)18-6-5-7-21(18)12-14-8-15(22-3)10-16(9-14)23-4/h8-11,13,18H,5-7,12H2,1-4H3/t18-/m0/s1. The van der Waals surface area contributed by atoms with E-state index in [-0.39, 0.29) is 0 Å². The quantitative estimate of drug-likeness (QED) is 0.796. The molecule has 1 aliphatic heterocycles. The third kappa shape index (κ3) is 3.56. The third-order valence-corrected chi connectivity index (χ3v) is 4.63.